The topological polar surface area (TPSA) is 83.8 Å². The number of anilines is 2. The van der Waals surface area contributed by atoms with Crippen molar-refractivity contribution in [1.29, 1.82) is 0 Å². The van der Waals surface area contributed by atoms with Gasteiger partial charge in [-0.15, -0.1) is 0 Å². The van der Waals surface area contributed by atoms with Gasteiger partial charge in [0.15, 0.2) is 17.4 Å². The largest absolute Gasteiger partial charge is 0.504 e. The predicted octanol–water partition coefficient (Wildman–Crippen LogP) is 2.38. The molecule has 2 N–H and O–H groups in total. The summed E-state index contributed by atoms with van der Waals surface area (Å²) in [5, 5.41) is 12.6. The van der Waals surface area contributed by atoms with Gasteiger partial charge in [-0.3, -0.25) is 9.97 Å². The summed E-state index contributed by atoms with van der Waals surface area (Å²) in [5.74, 6) is 0.875. The molecule has 0 aromatic carbocycles. The van der Waals surface area contributed by atoms with E-state index in [2.05, 4.69) is 25.3 Å². The molecule has 0 aliphatic carbocycles. The summed E-state index contributed by atoms with van der Waals surface area (Å²) in [6.07, 6.45) is 6.46. The molecule has 3 heterocycles. The molecule has 6 heteroatoms. The molecule has 20 heavy (non-hydrogen) atoms. The fraction of sp³-hybridized carbons (Fsp3) is 0. The first kappa shape index (κ1) is 12.0. The smallest absolute Gasteiger partial charge is 0.174 e. The summed E-state index contributed by atoms with van der Waals surface area (Å²) < 4.78 is 0. The van der Waals surface area contributed by atoms with E-state index in [1.807, 2.05) is 18.2 Å². The average molecular weight is 265 g/mol. The molecule has 0 aliphatic heterocycles. The van der Waals surface area contributed by atoms with Gasteiger partial charge in [0.2, 0.25) is 0 Å². The molecule has 0 atom stereocenters. The number of hydrogen-bond donors (Lipinski definition) is 2. The van der Waals surface area contributed by atoms with Crippen LogP contribution in [-0.4, -0.2) is 25.0 Å². The Balaban J connectivity index is 1.91. The van der Waals surface area contributed by atoms with Crippen LogP contribution in [0.2, 0.25) is 0 Å². The van der Waals surface area contributed by atoms with Crippen molar-refractivity contribution in [2.24, 2.45) is 0 Å². The zero-order valence-electron chi connectivity index (χ0n) is 10.4. The first-order valence-electron chi connectivity index (χ1n) is 5.97. The van der Waals surface area contributed by atoms with Crippen LogP contribution in [0.15, 0.2) is 55.1 Å². The second-order valence-electron chi connectivity index (χ2n) is 4.00. The Morgan fingerprint density at radius 3 is 2.60 bits per heavy atom. The quantitative estimate of drug-likeness (QED) is 0.756. The van der Waals surface area contributed by atoms with Crippen molar-refractivity contribution in [3.8, 4) is 17.1 Å². The second kappa shape index (κ2) is 5.31. The standard InChI is InChI=1S/C14H11N5O/c20-12-5-3-7-17-14(12)19-13-9-15-8-11(18-13)10-4-1-2-6-16-10/h1-9,20H,(H,17,18,19). The molecule has 0 amide bonds. The first-order chi connectivity index (χ1) is 9.83. The molecule has 6 nitrogen and oxygen atoms in total. The molecule has 98 valence electrons. The van der Waals surface area contributed by atoms with Gasteiger partial charge in [0.25, 0.3) is 0 Å². The van der Waals surface area contributed by atoms with Crippen LogP contribution in [0.4, 0.5) is 11.6 Å². The van der Waals surface area contributed by atoms with Gasteiger partial charge in [0.1, 0.15) is 5.69 Å². The van der Waals surface area contributed by atoms with Gasteiger partial charge in [0, 0.05) is 12.4 Å². The van der Waals surface area contributed by atoms with E-state index in [0.29, 0.717) is 17.3 Å². The summed E-state index contributed by atoms with van der Waals surface area (Å²) in [4.78, 5) is 16.8. The van der Waals surface area contributed by atoms with Gasteiger partial charge >= 0.3 is 0 Å². The van der Waals surface area contributed by atoms with Crippen molar-refractivity contribution in [3.05, 3.63) is 55.1 Å². The third kappa shape index (κ3) is 2.54. The Kier molecular flexibility index (Phi) is 3.20. The number of pyridine rings is 2. The molecule has 0 spiro atoms. The SMILES string of the molecule is Oc1cccnc1Nc1cncc(-c2ccccn2)n1. The molecule has 0 aliphatic rings. The maximum absolute atomic E-state index is 9.67. The van der Waals surface area contributed by atoms with Crippen molar-refractivity contribution in [2.45, 2.75) is 0 Å². The van der Waals surface area contributed by atoms with Crippen molar-refractivity contribution < 1.29 is 5.11 Å². The lowest BCUT2D eigenvalue weighted by atomic mass is 10.3. The molecule has 0 saturated heterocycles. The maximum Gasteiger partial charge on any atom is 0.174 e. The van der Waals surface area contributed by atoms with E-state index in [9.17, 15) is 5.11 Å². The molecular formula is C14H11N5O. The molecule has 0 unspecified atom stereocenters. The van der Waals surface area contributed by atoms with Gasteiger partial charge in [-0.05, 0) is 24.3 Å². The van der Waals surface area contributed by atoms with E-state index in [4.69, 9.17) is 0 Å². The van der Waals surface area contributed by atoms with Crippen molar-refractivity contribution >= 4 is 11.6 Å². The first-order valence-corrected chi connectivity index (χ1v) is 5.97. The van der Waals surface area contributed by atoms with E-state index in [1.54, 1.807) is 36.9 Å². The fourth-order valence-corrected chi connectivity index (χ4v) is 1.68. The molecule has 0 saturated carbocycles. The van der Waals surface area contributed by atoms with E-state index >= 15 is 0 Å². The van der Waals surface area contributed by atoms with Crippen LogP contribution in [0.25, 0.3) is 11.4 Å². The third-order valence-electron chi connectivity index (χ3n) is 2.59. The van der Waals surface area contributed by atoms with Crippen molar-refractivity contribution in [1.82, 2.24) is 19.9 Å². The van der Waals surface area contributed by atoms with E-state index in [0.717, 1.165) is 5.69 Å². The number of aromatic hydroxyl groups is 1. The molecule has 3 aromatic rings. The highest BCUT2D eigenvalue weighted by Crippen LogP contribution is 2.23. The third-order valence-corrected chi connectivity index (χ3v) is 2.59. The number of nitrogens with zero attached hydrogens (tertiary/aromatic N) is 4. The molecular weight excluding hydrogens is 254 g/mol. The van der Waals surface area contributed by atoms with Gasteiger partial charge in [-0.25, -0.2) is 9.97 Å². The zero-order chi connectivity index (χ0) is 13.8. The Morgan fingerprint density at radius 1 is 0.900 bits per heavy atom. The number of rotatable bonds is 3. The van der Waals surface area contributed by atoms with Crippen LogP contribution in [0.5, 0.6) is 5.75 Å². The average Bonchev–Trinajstić information content (AvgIpc) is 2.51. The Hall–Kier alpha value is -3.02. The maximum atomic E-state index is 9.67. The van der Waals surface area contributed by atoms with Crippen LogP contribution >= 0.6 is 0 Å². The fourth-order valence-electron chi connectivity index (χ4n) is 1.68. The minimum atomic E-state index is 0.0533. The lowest BCUT2D eigenvalue weighted by Crippen LogP contribution is -1.98. The second-order valence-corrected chi connectivity index (χ2v) is 4.00. The number of aromatic nitrogens is 4. The minimum Gasteiger partial charge on any atom is -0.504 e. The molecule has 0 bridgehead atoms. The highest BCUT2D eigenvalue weighted by molar-refractivity contribution is 5.61. The Morgan fingerprint density at radius 2 is 1.80 bits per heavy atom. The minimum absolute atomic E-state index is 0.0533. The van der Waals surface area contributed by atoms with Crippen LogP contribution in [0, 0.1) is 0 Å². The normalized spacial score (nSPS) is 10.2. The van der Waals surface area contributed by atoms with Crippen LogP contribution in [0.3, 0.4) is 0 Å². The molecule has 0 fully saturated rings. The summed E-state index contributed by atoms with van der Waals surface area (Å²) >= 11 is 0. The summed E-state index contributed by atoms with van der Waals surface area (Å²) in [5.41, 5.74) is 1.37. The molecule has 3 aromatic heterocycles. The monoisotopic (exact) mass is 265 g/mol. The van der Waals surface area contributed by atoms with Crippen LogP contribution < -0.4 is 5.32 Å². The number of hydrogen-bond acceptors (Lipinski definition) is 6. The van der Waals surface area contributed by atoms with Crippen LogP contribution in [0.1, 0.15) is 0 Å². The van der Waals surface area contributed by atoms with Gasteiger partial charge in [-0.2, -0.15) is 0 Å². The summed E-state index contributed by atoms with van der Waals surface area (Å²) in [7, 11) is 0. The van der Waals surface area contributed by atoms with E-state index in [1.165, 1.54) is 0 Å². The number of nitrogens with one attached hydrogen (secondary N) is 1. The van der Waals surface area contributed by atoms with E-state index < -0.39 is 0 Å². The molecule has 3 rings (SSSR count). The Labute approximate surface area is 115 Å². The van der Waals surface area contributed by atoms with Gasteiger partial charge in [0.05, 0.1) is 18.1 Å². The molecule has 0 radical (unpaired) electrons. The van der Waals surface area contributed by atoms with Crippen molar-refractivity contribution in [2.75, 3.05) is 5.32 Å². The lowest BCUT2D eigenvalue weighted by Gasteiger charge is -2.07. The zero-order valence-corrected chi connectivity index (χ0v) is 10.4. The Bertz CT molecular complexity index is 718. The van der Waals surface area contributed by atoms with Crippen LogP contribution in [-0.2, 0) is 0 Å². The van der Waals surface area contributed by atoms with E-state index in [-0.39, 0.29) is 5.75 Å². The highest BCUT2D eigenvalue weighted by atomic mass is 16.3. The van der Waals surface area contributed by atoms with Crippen molar-refractivity contribution in [3.63, 3.8) is 0 Å². The summed E-state index contributed by atoms with van der Waals surface area (Å²) in [6, 6.07) is 8.77. The highest BCUT2D eigenvalue weighted by Gasteiger charge is 2.05. The predicted molar refractivity (Wildman–Crippen MR) is 74.4 cm³/mol. The van der Waals surface area contributed by atoms with Gasteiger partial charge < -0.3 is 10.4 Å². The summed E-state index contributed by atoms with van der Waals surface area (Å²) in [6.45, 7) is 0. The van der Waals surface area contributed by atoms with Gasteiger partial charge in [-0.1, -0.05) is 6.07 Å². The lowest BCUT2D eigenvalue weighted by molar-refractivity contribution is 0.475.